The van der Waals surface area contributed by atoms with E-state index in [0.717, 1.165) is 12.1 Å². The van der Waals surface area contributed by atoms with Crippen LogP contribution in [-0.4, -0.2) is 18.6 Å². The van der Waals surface area contributed by atoms with Gasteiger partial charge in [0.05, 0.1) is 5.97 Å². The largest absolute Gasteiger partial charge is 0.545 e. The summed E-state index contributed by atoms with van der Waals surface area (Å²) in [5, 5.41) is 13.9. The van der Waals surface area contributed by atoms with Crippen molar-refractivity contribution in [2.24, 2.45) is 0 Å². The molecule has 1 aliphatic rings. The van der Waals surface area contributed by atoms with Gasteiger partial charge in [-0.05, 0) is 30.5 Å². The summed E-state index contributed by atoms with van der Waals surface area (Å²) in [7, 11) is 0. The first-order valence-corrected chi connectivity index (χ1v) is 5.49. The van der Waals surface area contributed by atoms with E-state index in [0.29, 0.717) is 6.04 Å². The number of benzene rings is 1. The van der Waals surface area contributed by atoms with Crippen molar-refractivity contribution in [1.29, 1.82) is 0 Å². The number of carboxylic acids is 1. The molecule has 3 heteroatoms. The third-order valence-electron chi connectivity index (χ3n) is 2.77. The normalized spacial score (nSPS) is 20.4. The summed E-state index contributed by atoms with van der Waals surface area (Å²) in [5.74, 6) is -1.13. The Morgan fingerprint density at radius 2 is 2.12 bits per heavy atom. The second-order valence-electron chi connectivity index (χ2n) is 3.97. The molecule has 1 N–H and O–H groups in total. The Balaban J connectivity index is 2.01. The van der Waals surface area contributed by atoms with Gasteiger partial charge in [0.25, 0.3) is 0 Å². The third-order valence-corrected chi connectivity index (χ3v) is 2.77. The maximum absolute atomic E-state index is 10.5. The van der Waals surface area contributed by atoms with Crippen molar-refractivity contribution in [3.05, 3.63) is 41.5 Å². The van der Waals surface area contributed by atoms with E-state index in [9.17, 15) is 9.90 Å². The minimum Gasteiger partial charge on any atom is -0.545 e. The van der Waals surface area contributed by atoms with Crippen LogP contribution in [0, 0.1) is 0 Å². The van der Waals surface area contributed by atoms with E-state index in [1.165, 1.54) is 12.8 Å². The predicted octanol–water partition coefficient (Wildman–Crippen LogP) is 0.815. The number of carbonyl (C=O) groups is 1. The van der Waals surface area contributed by atoms with Crippen LogP contribution in [0.2, 0.25) is 0 Å². The van der Waals surface area contributed by atoms with Crippen LogP contribution in [0.5, 0.6) is 0 Å². The van der Waals surface area contributed by atoms with Crippen LogP contribution < -0.4 is 10.4 Å². The fourth-order valence-electron chi connectivity index (χ4n) is 1.83. The molecular formula is C13H14NO2-. The number of aromatic carboxylic acids is 1. The minimum absolute atomic E-state index is 0.219. The maximum atomic E-state index is 10.5. The molecule has 0 spiro atoms. The van der Waals surface area contributed by atoms with Crippen molar-refractivity contribution in [2.45, 2.75) is 18.9 Å². The van der Waals surface area contributed by atoms with Crippen molar-refractivity contribution >= 4 is 12.0 Å². The summed E-state index contributed by atoms with van der Waals surface area (Å²) in [6.45, 7) is 1.08. The molecule has 0 amide bonds. The standard InChI is InChI=1S/C13H15NO2/c15-13(16)11-6-3-10(4-7-11)5-8-12-2-1-9-14-12/h3-8,12,14H,1-2,9H2,(H,15,16)/p-1/b8-5+. The summed E-state index contributed by atoms with van der Waals surface area (Å²) < 4.78 is 0. The lowest BCUT2D eigenvalue weighted by molar-refractivity contribution is -0.255. The van der Waals surface area contributed by atoms with Gasteiger partial charge in [-0.25, -0.2) is 0 Å². The molecule has 0 aromatic heterocycles. The van der Waals surface area contributed by atoms with E-state index in [2.05, 4.69) is 11.4 Å². The Morgan fingerprint density at radius 1 is 1.38 bits per heavy atom. The van der Waals surface area contributed by atoms with Crippen LogP contribution in [-0.2, 0) is 0 Å². The zero-order valence-corrected chi connectivity index (χ0v) is 8.98. The highest BCUT2D eigenvalue weighted by Crippen LogP contribution is 2.10. The summed E-state index contributed by atoms with van der Waals surface area (Å²) >= 11 is 0. The molecule has 3 nitrogen and oxygen atoms in total. The van der Waals surface area contributed by atoms with E-state index in [1.54, 1.807) is 24.3 Å². The van der Waals surface area contributed by atoms with E-state index in [-0.39, 0.29) is 5.56 Å². The van der Waals surface area contributed by atoms with Crippen molar-refractivity contribution in [3.63, 3.8) is 0 Å². The van der Waals surface area contributed by atoms with Crippen LogP contribution >= 0.6 is 0 Å². The van der Waals surface area contributed by atoms with Crippen molar-refractivity contribution < 1.29 is 9.90 Å². The van der Waals surface area contributed by atoms with Crippen LogP contribution in [0.3, 0.4) is 0 Å². The Labute approximate surface area is 94.8 Å². The summed E-state index contributed by atoms with van der Waals surface area (Å²) in [4.78, 5) is 10.5. The number of carboxylic acid groups (broad SMARTS) is 1. The van der Waals surface area contributed by atoms with E-state index in [4.69, 9.17) is 0 Å². The zero-order valence-electron chi connectivity index (χ0n) is 8.98. The highest BCUT2D eigenvalue weighted by atomic mass is 16.4. The first-order chi connectivity index (χ1) is 7.75. The quantitative estimate of drug-likeness (QED) is 0.813. The minimum atomic E-state index is -1.13. The maximum Gasteiger partial charge on any atom is 0.0715 e. The highest BCUT2D eigenvalue weighted by molar-refractivity contribution is 5.85. The van der Waals surface area contributed by atoms with Crippen molar-refractivity contribution in [3.8, 4) is 0 Å². The predicted molar refractivity (Wildman–Crippen MR) is 60.8 cm³/mol. The Kier molecular flexibility index (Phi) is 3.37. The molecule has 0 radical (unpaired) electrons. The molecular weight excluding hydrogens is 202 g/mol. The number of hydrogen-bond donors (Lipinski definition) is 1. The summed E-state index contributed by atoms with van der Waals surface area (Å²) in [6, 6.07) is 7.17. The van der Waals surface area contributed by atoms with Gasteiger partial charge >= 0.3 is 0 Å². The Bertz CT molecular complexity index is 389. The van der Waals surface area contributed by atoms with Crippen LogP contribution in [0.15, 0.2) is 30.3 Å². The van der Waals surface area contributed by atoms with E-state index < -0.39 is 5.97 Å². The van der Waals surface area contributed by atoms with Gasteiger partial charge in [0.15, 0.2) is 0 Å². The monoisotopic (exact) mass is 216 g/mol. The van der Waals surface area contributed by atoms with E-state index in [1.807, 2.05) is 6.08 Å². The van der Waals surface area contributed by atoms with Gasteiger partial charge in [-0.3, -0.25) is 0 Å². The average molecular weight is 216 g/mol. The first-order valence-electron chi connectivity index (χ1n) is 5.49. The SMILES string of the molecule is O=C([O-])c1ccc(/C=C/C2CCCN2)cc1. The van der Waals surface area contributed by atoms with Gasteiger partial charge in [0, 0.05) is 6.04 Å². The second-order valence-corrected chi connectivity index (χ2v) is 3.97. The molecule has 2 rings (SSSR count). The van der Waals surface area contributed by atoms with Crippen molar-refractivity contribution in [2.75, 3.05) is 6.54 Å². The lowest BCUT2D eigenvalue weighted by atomic mass is 10.1. The van der Waals surface area contributed by atoms with Gasteiger partial charge in [-0.1, -0.05) is 36.4 Å². The lowest BCUT2D eigenvalue weighted by Crippen LogP contribution is -2.21. The van der Waals surface area contributed by atoms with Gasteiger partial charge < -0.3 is 15.2 Å². The van der Waals surface area contributed by atoms with Crippen LogP contribution in [0.1, 0.15) is 28.8 Å². The number of rotatable bonds is 3. The van der Waals surface area contributed by atoms with Crippen molar-refractivity contribution in [1.82, 2.24) is 5.32 Å². The van der Waals surface area contributed by atoms with Gasteiger partial charge in [-0.15, -0.1) is 0 Å². The average Bonchev–Trinajstić information content (AvgIpc) is 2.80. The lowest BCUT2D eigenvalue weighted by Gasteiger charge is -2.04. The molecule has 1 heterocycles. The number of carbonyl (C=O) groups excluding carboxylic acids is 1. The molecule has 1 aliphatic heterocycles. The second kappa shape index (κ2) is 4.94. The fraction of sp³-hybridized carbons (Fsp3) is 0.308. The topological polar surface area (TPSA) is 52.2 Å². The molecule has 1 atom stereocenters. The molecule has 1 aromatic carbocycles. The molecule has 16 heavy (non-hydrogen) atoms. The molecule has 0 saturated carbocycles. The Hall–Kier alpha value is -1.61. The summed E-state index contributed by atoms with van der Waals surface area (Å²) in [5.41, 5.74) is 1.23. The van der Waals surface area contributed by atoms with Crippen LogP contribution in [0.25, 0.3) is 6.08 Å². The third kappa shape index (κ3) is 2.70. The Morgan fingerprint density at radius 3 is 2.69 bits per heavy atom. The molecule has 1 aromatic rings. The first kappa shape index (κ1) is 10.9. The number of nitrogens with one attached hydrogen (secondary N) is 1. The molecule has 84 valence electrons. The molecule has 0 bridgehead atoms. The van der Waals surface area contributed by atoms with Gasteiger partial charge in [0.1, 0.15) is 0 Å². The molecule has 1 fully saturated rings. The van der Waals surface area contributed by atoms with E-state index >= 15 is 0 Å². The fourth-order valence-corrected chi connectivity index (χ4v) is 1.83. The smallest absolute Gasteiger partial charge is 0.0715 e. The molecule has 1 unspecified atom stereocenters. The van der Waals surface area contributed by atoms with Gasteiger partial charge in [-0.2, -0.15) is 0 Å². The zero-order chi connectivity index (χ0) is 11.4. The molecule has 1 saturated heterocycles. The number of hydrogen-bond acceptors (Lipinski definition) is 3. The molecule has 0 aliphatic carbocycles. The summed E-state index contributed by atoms with van der Waals surface area (Å²) in [6.07, 6.45) is 6.54. The highest BCUT2D eigenvalue weighted by Gasteiger charge is 2.09. The van der Waals surface area contributed by atoms with Gasteiger partial charge in [0.2, 0.25) is 0 Å². The van der Waals surface area contributed by atoms with Crippen LogP contribution in [0.4, 0.5) is 0 Å².